The summed E-state index contributed by atoms with van der Waals surface area (Å²) in [5, 5.41) is 75.0. The Kier molecular flexibility index (Phi) is 26.8. The van der Waals surface area contributed by atoms with Crippen LogP contribution < -0.4 is 5.32 Å². The quantitative estimate of drug-likeness (QED) is 0.0417. The van der Waals surface area contributed by atoms with Gasteiger partial charge in [0, 0.05) is 0 Å². The van der Waals surface area contributed by atoms with Crippen LogP contribution in [0.1, 0.15) is 129 Å². The molecular formula is C38H69NO10. The number of aliphatic hydroxyl groups excluding tert-OH is 7. The summed E-state index contributed by atoms with van der Waals surface area (Å²) in [5.41, 5.74) is 0. The lowest BCUT2D eigenvalue weighted by atomic mass is 9.98. The Bertz CT molecular complexity index is 898. The molecule has 0 aliphatic carbocycles. The van der Waals surface area contributed by atoms with Gasteiger partial charge in [0.05, 0.1) is 25.4 Å². The van der Waals surface area contributed by atoms with Gasteiger partial charge in [-0.05, 0) is 57.8 Å². The molecule has 0 aromatic carbocycles. The normalized spacial score (nSPS) is 24.1. The fraction of sp³-hybridized carbons (Fsp3) is 0.816. The number of ether oxygens (including phenoxy) is 2. The predicted octanol–water partition coefficient (Wildman–Crippen LogP) is 4.10. The number of allylic oxidation sites excluding steroid dienone is 6. The summed E-state index contributed by atoms with van der Waals surface area (Å²) in [6.45, 7) is 3.26. The fourth-order valence-corrected chi connectivity index (χ4v) is 5.65. The molecule has 0 aromatic heterocycles. The zero-order valence-corrected chi connectivity index (χ0v) is 30.2. The van der Waals surface area contributed by atoms with Crippen molar-refractivity contribution in [2.24, 2.45) is 0 Å². The number of hydrogen-bond acceptors (Lipinski definition) is 10. The van der Waals surface area contributed by atoms with Gasteiger partial charge in [-0.3, -0.25) is 4.79 Å². The molecule has 0 saturated carbocycles. The van der Waals surface area contributed by atoms with Gasteiger partial charge in [0.2, 0.25) is 5.91 Å². The molecule has 0 bridgehead atoms. The molecule has 286 valence electrons. The number of amides is 1. The highest BCUT2D eigenvalue weighted by molar-refractivity contribution is 5.80. The van der Waals surface area contributed by atoms with E-state index in [0.717, 1.165) is 51.4 Å². The molecule has 11 nitrogen and oxygen atoms in total. The van der Waals surface area contributed by atoms with Crippen LogP contribution in [0.3, 0.4) is 0 Å². The van der Waals surface area contributed by atoms with Crippen molar-refractivity contribution in [3.8, 4) is 0 Å². The van der Waals surface area contributed by atoms with Gasteiger partial charge in [-0.15, -0.1) is 0 Å². The van der Waals surface area contributed by atoms with Gasteiger partial charge in [0.15, 0.2) is 6.29 Å². The predicted molar refractivity (Wildman–Crippen MR) is 192 cm³/mol. The summed E-state index contributed by atoms with van der Waals surface area (Å²) in [5.74, 6) is -0.721. The van der Waals surface area contributed by atoms with E-state index in [0.29, 0.717) is 19.3 Å². The number of nitrogens with one attached hydrogen (secondary N) is 1. The van der Waals surface area contributed by atoms with Crippen LogP contribution in [0.25, 0.3) is 0 Å². The topological polar surface area (TPSA) is 189 Å². The van der Waals surface area contributed by atoms with Crippen molar-refractivity contribution in [3.05, 3.63) is 36.5 Å². The third-order valence-electron chi connectivity index (χ3n) is 8.88. The summed E-state index contributed by atoms with van der Waals surface area (Å²) < 4.78 is 11.0. The number of carbonyl (C=O) groups is 1. The number of unbranched alkanes of at least 4 members (excludes halogenated alkanes) is 11. The molecule has 1 rings (SSSR count). The molecule has 1 fully saturated rings. The molecular weight excluding hydrogens is 630 g/mol. The van der Waals surface area contributed by atoms with E-state index < -0.39 is 74.2 Å². The van der Waals surface area contributed by atoms with Gasteiger partial charge in [-0.25, -0.2) is 0 Å². The summed E-state index contributed by atoms with van der Waals surface area (Å²) in [6, 6.07) is -1.19. The van der Waals surface area contributed by atoms with Gasteiger partial charge in [-0.1, -0.05) is 108 Å². The van der Waals surface area contributed by atoms with Gasteiger partial charge in [-0.2, -0.15) is 0 Å². The molecule has 9 unspecified atom stereocenters. The first-order valence-electron chi connectivity index (χ1n) is 18.9. The Morgan fingerprint density at radius 1 is 0.694 bits per heavy atom. The second kappa shape index (κ2) is 29.0. The lowest BCUT2D eigenvalue weighted by Gasteiger charge is -2.40. The van der Waals surface area contributed by atoms with Crippen LogP contribution in [0.15, 0.2) is 36.5 Å². The lowest BCUT2D eigenvalue weighted by Crippen LogP contribution is -2.60. The maximum Gasteiger partial charge on any atom is 0.249 e. The van der Waals surface area contributed by atoms with E-state index in [2.05, 4.69) is 49.5 Å². The molecule has 11 heteroatoms. The van der Waals surface area contributed by atoms with E-state index in [9.17, 15) is 40.5 Å². The molecule has 1 heterocycles. The maximum atomic E-state index is 12.9. The summed E-state index contributed by atoms with van der Waals surface area (Å²) in [4.78, 5) is 12.9. The second-order valence-corrected chi connectivity index (χ2v) is 13.3. The smallest absolute Gasteiger partial charge is 0.249 e. The Hall–Kier alpha value is -1.67. The van der Waals surface area contributed by atoms with Gasteiger partial charge < -0.3 is 50.5 Å². The third kappa shape index (κ3) is 20.1. The maximum absolute atomic E-state index is 12.9. The number of aliphatic hydroxyl groups is 7. The Morgan fingerprint density at radius 2 is 1.24 bits per heavy atom. The van der Waals surface area contributed by atoms with Crippen molar-refractivity contribution in [3.63, 3.8) is 0 Å². The lowest BCUT2D eigenvalue weighted by molar-refractivity contribution is -0.303. The molecule has 49 heavy (non-hydrogen) atoms. The van der Waals surface area contributed by atoms with Crippen LogP contribution in [0, 0.1) is 0 Å². The molecule has 0 aromatic rings. The van der Waals surface area contributed by atoms with Gasteiger partial charge in [0.1, 0.15) is 36.6 Å². The van der Waals surface area contributed by atoms with Crippen molar-refractivity contribution in [1.82, 2.24) is 5.32 Å². The molecule has 0 spiro atoms. The zero-order chi connectivity index (χ0) is 36.3. The standard InChI is InChI=1S/C38H69NO10/c1-3-5-7-9-11-13-14-15-16-17-18-20-21-23-25-30(41)33(43)29(28-48-38-36(46)35(45)34(44)32(27-40)49-38)39-37(47)31(42)26-24-22-19-12-10-8-6-4-2/h7,9,14-15,18,20,29-36,38,40-46H,3-6,8,10-13,16-17,19,21-28H2,1-2H3,(H,39,47)/b9-7+,15-14+,20-18+. The number of hydrogen-bond donors (Lipinski definition) is 8. The molecule has 1 saturated heterocycles. The average Bonchev–Trinajstić information content (AvgIpc) is 3.10. The molecule has 1 aliphatic rings. The van der Waals surface area contributed by atoms with Crippen LogP contribution >= 0.6 is 0 Å². The first-order chi connectivity index (χ1) is 23.7. The highest BCUT2D eigenvalue weighted by Crippen LogP contribution is 2.23. The Balaban J connectivity index is 2.62. The van der Waals surface area contributed by atoms with Crippen LogP contribution in [-0.4, -0.2) is 110 Å². The molecule has 1 amide bonds. The zero-order valence-electron chi connectivity index (χ0n) is 30.2. The largest absolute Gasteiger partial charge is 0.394 e. The van der Waals surface area contributed by atoms with Gasteiger partial charge >= 0.3 is 0 Å². The Morgan fingerprint density at radius 3 is 1.82 bits per heavy atom. The molecule has 1 aliphatic heterocycles. The molecule has 8 N–H and O–H groups in total. The van der Waals surface area contributed by atoms with Crippen LogP contribution in [0.5, 0.6) is 0 Å². The minimum absolute atomic E-state index is 0.240. The molecule has 0 radical (unpaired) electrons. The monoisotopic (exact) mass is 699 g/mol. The van der Waals surface area contributed by atoms with Gasteiger partial charge in [0.25, 0.3) is 0 Å². The van der Waals surface area contributed by atoms with E-state index in [1.54, 1.807) is 0 Å². The van der Waals surface area contributed by atoms with Crippen molar-refractivity contribution in [2.45, 2.75) is 184 Å². The van der Waals surface area contributed by atoms with Crippen LogP contribution in [0.2, 0.25) is 0 Å². The SMILES string of the molecule is CCC/C=C/CC/C=C/CC/C=C/CCCC(O)C(O)C(COC1OC(CO)C(O)C(O)C1O)NC(=O)C(O)CCCCCCCCCC. The van der Waals surface area contributed by atoms with E-state index in [4.69, 9.17) is 9.47 Å². The van der Waals surface area contributed by atoms with Crippen molar-refractivity contribution in [1.29, 1.82) is 0 Å². The first kappa shape index (κ1) is 45.4. The summed E-state index contributed by atoms with van der Waals surface area (Å²) in [6.07, 6.45) is 18.0. The van der Waals surface area contributed by atoms with E-state index in [1.807, 2.05) is 6.08 Å². The van der Waals surface area contributed by atoms with Crippen molar-refractivity contribution < 1.29 is 50.0 Å². The average molecular weight is 700 g/mol. The van der Waals surface area contributed by atoms with Crippen molar-refractivity contribution in [2.75, 3.05) is 13.2 Å². The van der Waals surface area contributed by atoms with Crippen LogP contribution in [-0.2, 0) is 14.3 Å². The highest BCUT2D eigenvalue weighted by atomic mass is 16.7. The number of carbonyl (C=O) groups excluding carboxylic acids is 1. The summed E-state index contributed by atoms with van der Waals surface area (Å²) in [7, 11) is 0. The van der Waals surface area contributed by atoms with Crippen LogP contribution in [0.4, 0.5) is 0 Å². The van der Waals surface area contributed by atoms with E-state index in [-0.39, 0.29) is 12.8 Å². The van der Waals surface area contributed by atoms with E-state index in [1.165, 1.54) is 32.1 Å². The number of rotatable bonds is 29. The first-order valence-corrected chi connectivity index (χ1v) is 18.9. The highest BCUT2D eigenvalue weighted by Gasteiger charge is 2.44. The minimum atomic E-state index is -1.67. The second-order valence-electron chi connectivity index (χ2n) is 13.3. The fourth-order valence-electron chi connectivity index (χ4n) is 5.65. The van der Waals surface area contributed by atoms with Crippen molar-refractivity contribution >= 4 is 5.91 Å². The minimum Gasteiger partial charge on any atom is -0.394 e. The summed E-state index contributed by atoms with van der Waals surface area (Å²) >= 11 is 0. The third-order valence-corrected chi connectivity index (χ3v) is 8.88. The molecule has 9 atom stereocenters. The van der Waals surface area contributed by atoms with E-state index >= 15 is 0 Å². The Labute approximate surface area is 295 Å².